The van der Waals surface area contributed by atoms with Gasteiger partial charge >= 0.3 is 13.1 Å². The molecule has 26 heavy (non-hydrogen) atoms. The van der Waals surface area contributed by atoms with Gasteiger partial charge in [0.2, 0.25) is 0 Å². The molecular formula is C21H27BO4. The second-order valence-electron chi connectivity index (χ2n) is 8.88. The summed E-state index contributed by atoms with van der Waals surface area (Å²) in [6, 6.07) is 11.6. The van der Waals surface area contributed by atoms with E-state index in [2.05, 4.69) is 0 Å². The molecule has 1 saturated heterocycles. The molecule has 0 aromatic heterocycles. The molecule has 0 spiro atoms. The fraction of sp³-hybridized carbons (Fsp3) is 0.476. The van der Waals surface area contributed by atoms with Crippen molar-refractivity contribution >= 4 is 29.3 Å². The lowest BCUT2D eigenvalue weighted by molar-refractivity contribution is 0.00578. The number of rotatable bonds is 2. The summed E-state index contributed by atoms with van der Waals surface area (Å²) in [5.41, 5.74) is 0.216. The third-order valence-corrected chi connectivity index (χ3v) is 5.05. The van der Waals surface area contributed by atoms with E-state index < -0.39 is 12.7 Å². The predicted molar refractivity (Wildman–Crippen MR) is 105 cm³/mol. The van der Waals surface area contributed by atoms with Crippen molar-refractivity contribution in [2.24, 2.45) is 0 Å². The second-order valence-corrected chi connectivity index (χ2v) is 8.88. The molecule has 1 aliphatic heterocycles. The number of fused-ring (bicyclic) bond motifs is 1. The number of ether oxygens (including phenoxy) is 1. The summed E-state index contributed by atoms with van der Waals surface area (Å²) in [7, 11) is -0.422. The van der Waals surface area contributed by atoms with Crippen LogP contribution >= 0.6 is 0 Å². The Kier molecular flexibility index (Phi) is 4.44. The second kappa shape index (κ2) is 6.10. The van der Waals surface area contributed by atoms with Gasteiger partial charge in [-0.3, -0.25) is 0 Å². The van der Waals surface area contributed by atoms with Crippen LogP contribution in [0.25, 0.3) is 10.8 Å². The molecule has 1 heterocycles. The van der Waals surface area contributed by atoms with Gasteiger partial charge in [-0.2, -0.15) is 0 Å². The fourth-order valence-electron chi connectivity index (χ4n) is 2.94. The molecule has 0 amide bonds. The summed E-state index contributed by atoms with van der Waals surface area (Å²) in [6.07, 6.45) is 0. The van der Waals surface area contributed by atoms with Crippen molar-refractivity contribution in [3.8, 4) is 0 Å². The third-order valence-electron chi connectivity index (χ3n) is 5.05. The zero-order valence-electron chi connectivity index (χ0n) is 16.7. The molecule has 0 aliphatic carbocycles. The minimum atomic E-state index is -0.526. The Balaban J connectivity index is 1.95. The molecular weight excluding hydrogens is 327 g/mol. The van der Waals surface area contributed by atoms with Gasteiger partial charge in [-0.05, 0) is 70.8 Å². The molecule has 0 atom stereocenters. The third kappa shape index (κ3) is 3.51. The monoisotopic (exact) mass is 354 g/mol. The van der Waals surface area contributed by atoms with Gasteiger partial charge in [0.15, 0.2) is 0 Å². The summed E-state index contributed by atoms with van der Waals surface area (Å²) in [4.78, 5) is 12.5. The van der Waals surface area contributed by atoms with Crippen molar-refractivity contribution in [2.45, 2.75) is 65.3 Å². The fourth-order valence-corrected chi connectivity index (χ4v) is 2.94. The van der Waals surface area contributed by atoms with Gasteiger partial charge in [-0.25, -0.2) is 4.79 Å². The van der Waals surface area contributed by atoms with E-state index in [-0.39, 0.29) is 17.2 Å². The van der Waals surface area contributed by atoms with Gasteiger partial charge in [0, 0.05) is 0 Å². The lowest BCUT2D eigenvalue weighted by Crippen LogP contribution is -2.41. The first-order valence-corrected chi connectivity index (χ1v) is 9.01. The standard InChI is InChI=1S/C21H27BO4/c1-19(2,3)24-18(23)17-10-8-9-14-13-15(11-12-16(14)17)22-25-20(4,5)21(6,7)26-22/h8-13H,1-7H3. The van der Waals surface area contributed by atoms with E-state index >= 15 is 0 Å². The molecule has 2 aromatic carbocycles. The Labute approximate surface area is 156 Å². The summed E-state index contributed by atoms with van der Waals surface area (Å²) in [6.45, 7) is 13.7. The Morgan fingerprint density at radius 1 is 1.00 bits per heavy atom. The zero-order chi connectivity index (χ0) is 19.3. The van der Waals surface area contributed by atoms with Crippen LogP contribution in [0.3, 0.4) is 0 Å². The molecule has 3 rings (SSSR count). The summed E-state index contributed by atoms with van der Waals surface area (Å²) < 4.78 is 17.8. The van der Waals surface area contributed by atoms with Crippen molar-refractivity contribution in [1.29, 1.82) is 0 Å². The molecule has 1 aliphatic rings. The van der Waals surface area contributed by atoms with Crippen LogP contribution < -0.4 is 5.46 Å². The highest BCUT2D eigenvalue weighted by Crippen LogP contribution is 2.36. The van der Waals surface area contributed by atoms with Gasteiger partial charge < -0.3 is 14.0 Å². The quantitative estimate of drug-likeness (QED) is 0.602. The molecule has 1 fully saturated rings. The van der Waals surface area contributed by atoms with Gasteiger partial charge in [-0.1, -0.05) is 30.3 Å². The molecule has 0 unspecified atom stereocenters. The molecule has 138 valence electrons. The molecule has 5 heteroatoms. The molecule has 0 bridgehead atoms. The molecule has 0 N–H and O–H groups in total. The number of hydrogen-bond acceptors (Lipinski definition) is 4. The zero-order valence-corrected chi connectivity index (χ0v) is 16.7. The first-order chi connectivity index (χ1) is 11.9. The average Bonchev–Trinajstić information content (AvgIpc) is 2.72. The van der Waals surface area contributed by atoms with Crippen LogP contribution in [0, 0.1) is 0 Å². The van der Waals surface area contributed by atoms with Crippen LogP contribution in [-0.2, 0) is 14.0 Å². The van der Waals surface area contributed by atoms with Crippen LogP contribution in [-0.4, -0.2) is 29.9 Å². The van der Waals surface area contributed by atoms with E-state index in [1.165, 1.54) is 0 Å². The SMILES string of the molecule is CC(C)(C)OC(=O)c1cccc2cc(B3OC(C)(C)C(C)(C)O3)ccc12. The Bertz CT molecular complexity index is 833. The minimum absolute atomic E-state index is 0.313. The first kappa shape index (κ1) is 18.9. The van der Waals surface area contributed by atoms with Crippen molar-refractivity contribution in [3.05, 3.63) is 42.0 Å². The number of benzene rings is 2. The normalized spacial score (nSPS) is 19.0. The van der Waals surface area contributed by atoms with E-state index in [1.54, 1.807) is 6.07 Å². The van der Waals surface area contributed by atoms with E-state index in [9.17, 15) is 4.79 Å². The summed E-state index contributed by atoms with van der Waals surface area (Å²) >= 11 is 0. The topological polar surface area (TPSA) is 44.8 Å². The maximum atomic E-state index is 12.5. The molecule has 0 saturated carbocycles. The Hall–Kier alpha value is -1.85. The lowest BCUT2D eigenvalue weighted by atomic mass is 9.78. The number of esters is 1. The van der Waals surface area contributed by atoms with Crippen molar-refractivity contribution in [2.75, 3.05) is 0 Å². The largest absolute Gasteiger partial charge is 0.494 e. The summed E-state index contributed by atoms with van der Waals surface area (Å²) in [5, 5.41) is 1.82. The highest BCUT2D eigenvalue weighted by molar-refractivity contribution is 6.62. The van der Waals surface area contributed by atoms with Gasteiger partial charge in [-0.15, -0.1) is 0 Å². The highest BCUT2D eigenvalue weighted by Gasteiger charge is 2.51. The maximum Gasteiger partial charge on any atom is 0.494 e. The van der Waals surface area contributed by atoms with E-state index in [0.717, 1.165) is 16.2 Å². The van der Waals surface area contributed by atoms with Crippen LogP contribution in [0.4, 0.5) is 0 Å². The smallest absolute Gasteiger partial charge is 0.456 e. The van der Waals surface area contributed by atoms with E-state index in [0.29, 0.717) is 5.56 Å². The van der Waals surface area contributed by atoms with Gasteiger partial charge in [0.25, 0.3) is 0 Å². The van der Waals surface area contributed by atoms with Crippen LogP contribution in [0.2, 0.25) is 0 Å². The number of carbonyl (C=O) groups excluding carboxylic acids is 1. The van der Waals surface area contributed by atoms with Gasteiger partial charge in [0.1, 0.15) is 5.60 Å². The summed E-state index contributed by atoms with van der Waals surface area (Å²) in [5.74, 6) is -0.313. The highest BCUT2D eigenvalue weighted by atomic mass is 16.7. The van der Waals surface area contributed by atoms with Gasteiger partial charge in [0.05, 0.1) is 16.8 Å². The van der Waals surface area contributed by atoms with Crippen LogP contribution in [0.15, 0.2) is 36.4 Å². The Morgan fingerprint density at radius 2 is 1.62 bits per heavy atom. The van der Waals surface area contributed by atoms with Crippen molar-refractivity contribution in [1.82, 2.24) is 0 Å². The van der Waals surface area contributed by atoms with Crippen LogP contribution in [0.1, 0.15) is 58.8 Å². The molecule has 0 radical (unpaired) electrons. The first-order valence-electron chi connectivity index (χ1n) is 9.01. The average molecular weight is 354 g/mol. The van der Waals surface area contributed by atoms with E-state index in [1.807, 2.05) is 78.8 Å². The van der Waals surface area contributed by atoms with Crippen molar-refractivity contribution < 1.29 is 18.8 Å². The number of hydrogen-bond donors (Lipinski definition) is 0. The number of carbonyl (C=O) groups is 1. The molecule has 4 nitrogen and oxygen atoms in total. The van der Waals surface area contributed by atoms with Crippen molar-refractivity contribution in [3.63, 3.8) is 0 Å². The Morgan fingerprint density at radius 3 is 2.19 bits per heavy atom. The maximum absolute atomic E-state index is 12.5. The lowest BCUT2D eigenvalue weighted by Gasteiger charge is -2.32. The minimum Gasteiger partial charge on any atom is -0.456 e. The van der Waals surface area contributed by atoms with Crippen LogP contribution in [0.5, 0.6) is 0 Å². The molecule has 2 aromatic rings. The van der Waals surface area contributed by atoms with E-state index in [4.69, 9.17) is 14.0 Å². The predicted octanol–water partition coefficient (Wildman–Crippen LogP) is 4.09.